The van der Waals surface area contributed by atoms with Crippen LogP contribution >= 0.6 is 23.2 Å². The summed E-state index contributed by atoms with van der Waals surface area (Å²) in [6, 6.07) is 32.2. The number of nitrogens with zero attached hydrogens (tertiary/aromatic N) is 2. The second kappa shape index (κ2) is 10.0. The average molecular weight is 501 g/mol. The number of benzene rings is 4. The van der Waals surface area contributed by atoms with E-state index in [1.54, 1.807) is 12.1 Å². The summed E-state index contributed by atoms with van der Waals surface area (Å²) in [5.74, 6) is -1.35. The fourth-order valence-electron chi connectivity index (χ4n) is 5.17. The van der Waals surface area contributed by atoms with Crippen LogP contribution in [0.25, 0.3) is 0 Å². The third-order valence-corrected chi connectivity index (χ3v) is 7.36. The monoisotopic (exact) mass is 500 g/mol. The summed E-state index contributed by atoms with van der Waals surface area (Å²) in [6.07, 6.45) is 0. The second-order valence-corrected chi connectivity index (χ2v) is 9.39. The van der Waals surface area contributed by atoms with Crippen LogP contribution in [-0.4, -0.2) is 10.8 Å². The van der Waals surface area contributed by atoms with Gasteiger partial charge in [0.25, 0.3) is 0 Å². The number of hydrogen-bond acceptors (Lipinski definition) is 3. The molecule has 0 radical (unpaired) electrons. The van der Waals surface area contributed by atoms with E-state index in [0.717, 1.165) is 11.1 Å². The van der Waals surface area contributed by atoms with Gasteiger partial charge in [0.2, 0.25) is 0 Å². The van der Waals surface area contributed by atoms with E-state index in [4.69, 9.17) is 23.2 Å². The molecule has 0 bridgehead atoms. The molecule has 4 nitrogen and oxygen atoms in total. The van der Waals surface area contributed by atoms with E-state index in [1.807, 2.05) is 97.1 Å². The maximum absolute atomic E-state index is 14.5. The molecule has 1 heterocycles. The van der Waals surface area contributed by atoms with Crippen LogP contribution in [0.1, 0.15) is 46.2 Å². The van der Waals surface area contributed by atoms with Gasteiger partial charge in [0, 0.05) is 10.0 Å². The largest absolute Gasteiger partial charge is 0.298 e. The predicted octanol–water partition coefficient (Wildman–Crippen LogP) is 7.91. The predicted molar refractivity (Wildman–Crippen MR) is 139 cm³/mol. The zero-order valence-corrected chi connectivity index (χ0v) is 20.2. The summed E-state index contributed by atoms with van der Waals surface area (Å²) < 4.78 is 0. The topological polar surface area (TPSA) is 49.7 Å². The van der Waals surface area contributed by atoms with Crippen molar-refractivity contribution in [3.8, 4) is 0 Å². The van der Waals surface area contributed by atoms with Crippen molar-refractivity contribution in [3.05, 3.63) is 146 Å². The standard InChI is InChI=1S/C29H22Cl2N2O2/c30-23-17-9-7-15-21(23)27-25(19-11-3-1-4-12-19)29(34)26(20-13-5-2-6-14-20)28(33(27)32-35)22-16-8-10-18-24(22)31/h1-18,25-28H/t25-,26+,27-,28+. The van der Waals surface area contributed by atoms with E-state index in [0.29, 0.717) is 21.2 Å². The molecule has 174 valence electrons. The molecule has 1 fully saturated rings. The van der Waals surface area contributed by atoms with Gasteiger partial charge >= 0.3 is 0 Å². The van der Waals surface area contributed by atoms with Crippen LogP contribution in [0.5, 0.6) is 0 Å². The Morgan fingerprint density at radius 2 is 0.943 bits per heavy atom. The van der Waals surface area contributed by atoms with Gasteiger partial charge in [0.1, 0.15) is 0 Å². The summed E-state index contributed by atoms with van der Waals surface area (Å²) in [4.78, 5) is 27.2. The fraction of sp³-hybridized carbons (Fsp3) is 0.138. The molecule has 0 spiro atoms. The first-order chi connectivity index (χ1) is 17.1. The van der Waals surface area contributed by atoms with Crippen molar-refractivity contribution in [1.29, 1.82) is 0 Å². The van der Waals surface area contributed by atoms with Crippen molar-refractivity contribution in [2.24, 2.45) is 5.29 Å². The molecule has 0 aliphatic carbocycles. The van der Waals surface area contributed by atoms with Crippen molar-refractivity contribution < 1.29 is 4.79 Å². The first kappa shape index (κ1) is 23.3. The van der Waals surface area contributed by atoms with E-state index >= 15 is 0 Å². The number of hydrogen-bond donors (Lipinski definition) is 0. The molecular formula is C29H22Cl2N2O2. The molecule has 1 saturated heterocycles. The molecule has 0 N–H and O–H groups in total. The Kier molecular flexibility index (Phi) is 6.67. The van der Waals surface area contributed by atoms with Gasteiger partial charge in [-0.3, -0.25) is 4.79 Å². The molecular weight excluding hydrogens is 479 g/mol. The summed E-state index contributed by atoms with van der Waals surface area (Å²) >= 11 is 13.3. The van der Waals surface area contributed by atoms with Crippen LogP contribution in [0.4, 0.5) is 0 Å². The Hall–Kier alpha value is -3.47. The molecule has 4 aromatic carbocycles. The minimum atomic E-state index is -0.711. The van der Waals surface area contributed by atoms with Crippen LogP contribution in [0.15, 0.2) is 114 Å². The average Bonchev–Trinajstić information content (AvgIpc) is 2.90. The molecule has 4 aromatic rings. The maximum atomic E-state index is 14.5. The zero-order chi connectivity index (χ0) is 24.4. The second-order valence-electron chi connectivity index (χ2n) is 8.57. The number of ketones is 1. The number of rotatable bonds is 5. The lowest BCUT2D eigenvalue weighted by Crippen LogP contribution is -2.46. The molecule has 0 aromatic heterocycles. The molecule has 5 rings (SSSR count). The number of nitroso groups, excluding NO2 is 1. The fourth-order valence-corrected chi connectivity index (χ4v) is 5.67. The van der Waals surface area contributed by atoms with Gasteiger partial charge in [-0.15, -0.1) is 4.91 Å². The lowest BCUT2D eigenvalue weighted by Gasteiger charge is -2.47. The summed E-state index contributed by atoms with van der Waals surface area (Å²) in [7, 11) is 0. The van der Waals surface area contributed by atoms with Crippen molar-refractivity contribution in [1.82, 2.24) is 5.01 Å². The molecule has 35 heavy (non-hydrogen) atoms. The van der Waals surface area contributed by atoms with Crippen LogP contribution < -0.4 is 0 Å². The normalized spacial score (nSPS) is 22.1. The summed E-state index contributed by atoms with van der Waals surface area (Å²) in [5, 5.41) is 5.97. The maximum Gasteiger partial charge on any atom is 0.152 e. The Morgan fingerprint density at radius 1 is 0.571 bits per heavy atom. The minimum Gasteiger partial charge on any atom is -0.298 e. The highest BCUT2D eigenvalue weighted by atomic mass is 35.5. The molecule has 6 heteroatoms. The molecule has 1 aliphatic rings. The first-order valence-electron chi connectivity index (χ1n) is 11.4. The van der Waals surface area contributed by atoms with Crippen molar-refractivity contribution in [2.75, 3.05) is 0 Å². The van der Waals surface area contributed by atoms with Crippen LogP contribution in [-0.2, 0) is 4.79 Å². The van der Waals surface area contributed by atoms with E-state index < -0.39 is 23.9 Å². The number of piperidine rings is 1. The Labute approximate surface area is 214 Å². The highest BCUT2D eigenvalue weighted by molar-refractivity contribution is 6.31. The van der Waals surface area contributed by atoms with E-state index in [1.165, 1.54) is 5.01 Å². The number of halogens is 2. The molecule has 1 aliphatic heterocycles. The van der Waals surface area contributed by atoms with E-state index in [-0.39, 0.29) is 5.78 Å². The quantitative estimate of drug-likeness (QED) is 0.261. The van der Waals surface area contributed by atoms with E-state index in [2.05, 4.69) is 5.29 Å². The van der Waals surface area contributed by atoms with Crippen LogP contribution in [0.3, 0.4) is 0 Å². The molecule has 4 atom stereocenters. The van der Waals surface area contributed by atoms with Crippen LogP contribution in [0.2, 0.25) is 10.0 Å². The van der Waals surface area contributed by atoms with Crippen molar-refractivity contribution in [2.45, 2.75) is 23.9 Å². The molecule has 0 amide bonds. The smallest absolute Gasteiger partial charge is 0.152 e. The highest BCUT2D eigenvalue weighted by Crippen LogP contribution is 2.55. The van der Waals surface area contributed by atoms with Crippen molar-refractivity contribution in [3.63, 3.8) is 0 Å². The number of carbonyl (C=O) groups excluding carboxylic acids is 1. The third-order valence-electron chi connectivity index (χ3n) is 6.67. The lowest BCUT2D eigenvalue weighted by molar-refractivity contribution is -0.131. The van der Waals surface area contributed by atoms with Gasteiger partial charge in [-0.2, -0.15) is 0 Å². The third kappa shape index (κ3) is 4.24. The molecule has 0 unspecified atom stereocenters. The van der Waals surface area contributed by atoms with Crippen LogP contribution in [0, 0.1) is 4.91 Å². The van der Waals surface area contributed by atoms with Gasteiger partial charge in [-0.05, 0) is 34.4 Å². The SMILES string of the molecule is O=NN1[C@H](c2ccccc2Cl)[C@@H](c2ccccc2)C(=O)[C@@H](c2ccccc2)[C@@H]1c1ccccc1Cl. The number of carbonyl (C=O) groups is 1. The zero-order valence-electron chi connectivity index (χ0n) is 18.7. The Balaban J connectivity index is 1.80. The Bertz CT molecular complexity index is 1250. The van der Waals surface area contributed by atoms with E-state index in [9.17, 15) is 9.70 Å². The highest BCUT2D eigenvalue weighted by Gasteiger charge is 2.52. The first-order valence-corrected chi connectivity index (χ1v) is 12.1. The van der Waals surface area contributed by atoms with Crippen molar-refractivity contribution >= 4 is 29.0 Å². The number of Topliss-reactive ketones (excluding diaryl/α,β-unsaturated/α-hetero) is 1. The minimum absolute atomic E-state index is 0.0165. The van der Waals surface area contributed by atoms with Gasteiger partial charge in [0.15, 0.2) is 5.78 Å². The summed E-state index contributed by atoms with van der Waals surface area (Å²) in [5.41, 5.74) is 2.93. The van der Waals surface area contributed by atoms with Gasteiger partial charge in [-0.1, -0.05) is 120 Å². The summed E-state index contributed by atoms with van der Waals surface area (Å²) in [6.45, 7) is 0. The van der Waals surface area contributed by atoms with Gasteiger partial charge < -0.3 is 0 Å². The molecule has 0 saturated carbocycles. The van der Waals surface area contributed by atoms with Gasteiger partial charge in [0.05, 0.1) is 29.2 Å². The van der Waals surface area contributed by atoms with Gasteiger partial charge in [-0.25, -0.2) is 5.01 Å². The Morgan fingerprint density at radius 3 is 1.31 bits per heavy atom. The lowest BCUT2D eigenvalue weighted by atomic mass is 9.69.